The summed E-state index contributed by atoms with van der Waals surface area (Å²) in [4.78, 5) is 2.33. The van der Waals surface area contributed by atoms with Gasteiger partial charge in [0.2, 0.25) is 0 Å². The summed E-state index contributed by atoms with van der Waals surface area (Å²) in [6.45, 7) is 0. The van der Waals surface area contributed by atoms with Gasteiger partial charge in [-0.2, -0.15) is 0 Å². The number of furan rings is 2. The van der Waals surface area contributed by atoms with Crippen molar-refractivity contribution < 1.29 is 8.83 Å². The van der Waals surface area contributed by atoms with Gasteiger partial charge in [-0.3, -0.25) is 0 Å². The summed E-state index contributed by atoms with van der Waals surface area (Å²) in [6.07, 6.45) is 0. The number of hydrogen-bond acceptors (Lipinski definition) is 3. The first-order valence-electron chi connectivity index (χ1n) is 15.9. The molecule has 0 N–H and O–H groups in total. The highest BCUT2D eigenvalue weighted by Crippen LogP contribution is 2.45. The molecule has 0 spiro atoms. The van der Waals surface area contributed by atoms with E-state index in [9.17, 15) is 0 Å². The van der Waals surface area contributed by atoms with E-state index >= 15 is 0 Å². The fourth-order valence-electron chi connectivity index (χ4n) is 7.17. The van der Waals surface area contributed by atoms with Crippen LogP contribution >= 0.6 is 0 Å². The average Bonchev–Trinajstić information content (AvgIpc) is 3.69. The molecule has 10 rings (SSSR count). The van der Waals surface area contributed by atoms with Crippen LogP contribution in [-0.4, -0.2) is 0 Å². The van der Waals surface area contributed by atoms with E-state index in [1.165, 1.54) is 21.9 Å². The topological polar surface area (TPSA) is 29.5 Å². The van der Waals surface area contributed by atoms with E-state index < -0.39 is 0 Å². The van der Waals surface area contributed by atoms with Gasteiger partial charge in [0.15, 0.2) is 0 Å². The fourth-order valence-corrected chi connectivity index (χ4v) is 7.17. The number of hydrogen-bond donors (Lipinski definition) is 0. The Balaban J connectivity index is 1.23. The van der Waals surface area contributed by atoms with Crippen molar-refractivity contribution in [1.29, 1.82) is 0 Å². The molecule has 0 unspecified atom stereocenters. The molecule has 8 aromatic carbocycles. The van der Waals surface area contributed by atoms with Crippen LogP contribution in [0.2, 0.25) is 0 Å². The van der Waals surface area contributed by atoms with Crippen molar-refractivity contribution in [3.8, 4) is 11.1 Å². The molecule has 0 atom stereocenters. The van der Waals surface area contributed by atoms with Crippen LogP contribution in [0.25, 0.3) is 76.5 Å². The van der Waals surface area contributed by atoms with E-state index in [1.807, 2.05) is 12.1 Å². The highest BCUT2D eigenvalue weighted by atomic mass is 16.3. The van der Waals surface area contributed by atoms with Gasteiger partial charge >= 0.3 is 0 Å². The van der Waals surface area contributed by atoms with Gasteiger partial charge in [-0.05, 0) is 81.9 Å². The molecule has 10 aromatic rings. The number of rotatable bonds is 4. The van der Waals surface area contributed by atoms with E-state index in [0.717, 1.165) is 71.7 Å². The minimum atomic E-state index is 0.854. The predicted molar refractivity (Wildman–Crippen MR) is 196 cm³/mol. The lowest BCUT2D eigenvalue weighted by Crippen LogP contribution is -2.10. The lowest BCUT2D eigenvalue weighted by molar-refractivity contribution is 0.669. The molecule has 47 heavy (non-hydrogen) atoms. The molecule has 0 saturated carbocycles. The predicted octanol–water partition coefficient (Wildman–Crippen LogP) is 12.9. The standard InChI is InChI=1S/C44H27NO2/c1-2-9-28(10-3-1)29-17-20-33(21-18-29)45(34-22-24-36-38-25-31-11-4-5-12-32(31)26-41(38)46-42(36)27-34)39-15-8-13-30-19-23-37-35-14-6-7-16-40(35)47-44(37)43(30)39/h1-27H. The van der Waals surface area contributed by atoms with E-state index in [1.54, 1.807) is 0 Å². The van der Waals surface area contributed by atoms with Crippen molar-refractivity contribution >= 4 is 82.5 Å². The highest BCUT2D eigenvalue weighted by molar-refractivity contribution is 6.19. The third kappa shape index (κ3) is 4.07. The lowest BCUT2D eigenvalue weighted by atomic mass is 10.0. The Kier molecular flexibility index (Phi) is 5.57. The van der Waals surface area contributed by atoms with E-state index in [2.05, 4.69) is 157 Å². The minimum Gasteiger partial charge on any atom is -0.456 e. The van der Waals surface area contributed by atoms with Gasteiger partial charge in [0.05, 0.1) is 5.69 Å². The molecule has 0 aliphatic carbocycles. The van der Waals surface area contributed by atoms with E-state index in [4.69, 9.17) is 8.83 Å². The van der Waals surface area contributed by atoms with Gasteiger partial charge in [0.1, 0.15) is 22.3 Å². The fraction of sp³-hybridized carbons (Fsp3) is 0. The van der Waals surface area contributed by atoms with Crippen LogP contribution in [0.15, 0.2) is 173 Å². The Hall–Kier alpha value is -6.32. The first-order chi connectivity index (χ1) is 23.3. The van der Waals surface area contributed by atoms with Crippen LogP contribution in [0.3, 0.4) is 0 Å². The molecule has 0 amide bonds. The number of para-hydroxylation sites is 1. The van der Waals surface area contributed by atoms with Crippen LogP contribution in [0.1, 0.15) is 0 Å². The van der Waals surface area contributed by atoms with Crippen molar-refractivity contribution in [2.24, 2.45) is 0 Å². The van der Waals surface area contributed by atoms with Crippen LogP contribution in [-0.2, 0) is 0 Å². The summed E-state index contributed by atoms with van der Waals surface area (Å²) in [5.74, 6) is 0. The largest absolute Gasteiger partial charge is 0.456 e. The molecule has 0 aliphatic heterocycles. The average molecular weight is 602 g/mol. The molecule has 0 aliphatic rings. The van der Waals surface area contributed by atoms with E-state index in [0.29, 0.717) is 0 Å². The van der Waals surface area contributed by atoms with Crippen molar-refractivity contribution in [3.05, 3.63) is 164 Å². The Morgan fingerprint density at radius 3 is 1.89 bits per heavy atom. The van der Waals surface area contributed by atoms with Crippen LogP contribution in [0.5, 0.6) is 0 Å². The summed E-state index contributed by atoms with van der Waals surface area (Å²) in [5, 5.41) is 9.03. The zero-order valence-electron chi connectivity index (χ0n) is 25.4. The maximum atomic E-state index is 6.61. The highest BCUT2D eigenvalue weighted by Gasteiger charge is 2.21. The molecular formula is C44H27NO2. The summed E-state index contributed by atoms with van der Waals surface area (Å²) in [5.41, 5.74) is 8.99. The third-order valence-electron chi connectivity index (χ3n) is 9.42. The Bertz CT molecular complexity index is 2790. The zero-order chi connectivity index (χ0) is 30.9. The maximum Gasteiger partial charge on any atom is 0.145 e. The number of benzene rings is 8. The Morgan fingerprint density at radius 2 is 1.02 bits per heavy atom. The molecular weight excluding hydrogens is 574 g/mol. The van der Waals surface area contributed by atoms with Gasteiger partial charge in [-0.25, -0.2) is 0 Å². The second kappa shape index (κ2) is 10.1. The normalized spacial score (nSPS) is 11.8. The first-order valence-corrected chi connectivity index (χ1v) is 15.9. The lowest BCUT2D eigenvalue weighted by Gasteiger charge is -2.27. The number of fused-ring (bicyclic) bond motifs is 9. The number of nitrogens with zero attached hydrogens (tertiary/aromatic N) is 1. The van der Waals surface area contributed by atoms with Crippen molar-refractivity contribution in [3.63, 3.8) is 0 Å². The summed E-state index contributed by atoms with van der Waals surface area (Å²) in [6, 6.07) is 57.8. The molecule has 0 bridgehead atoms. The molecule has 0 saturated heterocycles. The maximum absolute atomic E-state index is 6.61. The van der Waals surface area contributed by atoms with Crippen molar-refractivity contribution in [2.75, 3.05) is 4.90 Å². The van der Waals surface area contributed by atoms with Crippen LogP contribution < -0.4 is 4.90 Å². The van der Waals surface area contributed by atoms with E-state index in [-0.39, 0.29) is 0 Å². The molecule has 2 aromatic heterocycles. The summed E-state index contributed by atoms with van der Waals surface area (Å²) < 4.78 is 13.2. The quantitative estimate of drug-likeness (QED) is 0.201. The van der Waals surface area contributed by atoms with Crippen LogP contribution in [0.4, 0.5) is 17.1 Å². The molecule has 220 valence electrons. The van der Waals surface area contributed by atoms with Gasteiger partial charge in [-0.1, -0.05) is 103 Å². The summed E-state index contributed by atoms with van der Waals surface area (Å²) >= 11 is 0. The van der Waals surface area contributed by atoms with Gasteiger partial charge < -0.3 is 13.7 Å². The van der Waals surface area contributed by atoms with Gasteiger partial charge in [0.25, 0.3) is 0 Å². The molecule has 2 heterocycles. The summed E-state index contributed by atoms with van der Waals surface area (Å²) in [7, 11) is 0. The monoisotopic (exact) mass is 601 g/mol. The van der Waals surface area contributed by atoms with Crippen molar-refractivity contribution in [1.82, 2.24) is 0 Å². The minimum absolute atomic E-state index is 0.854. The molecule has 3 heteroatoms. The number of anilines is 3. The Morgan fingerprint density at radius 1 is 0.362 bits per heavy atom. The van der Waals surface area contributed by atoms with Crippen LogP contribution in [0, 0.1) is 0 Å². The molecule has 0 fully saturated rings. The second-order valence-electron chi connectivity index (χ2n) is 12.1. The smallest absolute Gasteiger partial charge is 0.145 e. The SMILES string of the molecule is c1ccc(-c2ccc(N(c3ccc4c(c3)oc3cc5ccccc5cc34)c3cccc4ccc5c6ccccc6oc5c34)cc2)cc1. The Labute approximate surface area is 270 Å². The van der Waals surface area contributed by atoms with Crippen molar-refractivity contribution in [2.45, 2.75) is 0 Å². The second-order valence-corrected chi connectivity index (χ2v) is 12.1. The van der Waals surface area contributed by atoms with Gasteiger partial charge in [0, 0.05) is 44.4 Å². The zero-order valence-corrected chi connectivity index (χ0v) is 25.4. The molecule has 0 radical (unpaired) electrons. The van der Waals surface area contributed by atoms with Gasteiger partial charge in [-0.15, -0.1) is 0 Å². The first kappa shape index (κ1) is 26.0. The molecule has 3 nitrogen and oxygen atoms in total. The third-order valence-corrected chi connectivity index (χ3v) is 9.42.